The summed E-state index contributed by atoms with van der Waals surface area (Å²) < 4.78 is 2.20. The molecule has 0 aliphatic carbocycles. The van der Waals surface area contributed by atoms with Gasteiger partial charge in [0.15, 0.2) is 5.11 Å². The minimum absolute atomic E-state index is 0.195. The van der Waals surface area contributed by atoms with E-state index in [0.29, 0.717) is 10.8 Å². The molecule has 0 radical (unpaired) electrons. The zero-order valence-corrected chi connectivity index (χ0v) is 13.6. The van der Waals surface area contributed by atoms with Gasteiger partial charge in [0.25, 0.3) is 5.91 Å². The van der Waals surface area contributed by atoms with E-state index < -0.39 is 0 Å². The molecule has 0 spiro atoms. The third-order valence-corrected chi connectivity index (χ3v) is 4.24. The van der Waals surface area contributed by atoms with Crippen LogP contribution in [0.5, 0.6) is 0 Å². The minimum atomic E-state index is -0.195. The van der Waals surface area contributed by atoms with E-state index in [1.54, 1.807) is 0 Å². The molecule has 1 saturated heterocycles. The molecule has 5 heteroatoms. The molecule has 0 atom stereocenters. The number of rotatable bonds is 3. The van der Waals surface area contributed by atoms with E-state index >= 15 is 0 Å². The van der Waals surface area contributed by atoms with Gasteiger partial charge in [-0.15, -0.1) is 0 Å². The number of amides is 1. The van der Waals surface area contributed by atoms with Gasteiger partial charge in [-0.2, -0.15) is 0 Å². The second kappa shape index (κ2) is 5.94. The number of hydrogen-bond donors (Lipinski definition) is 2. The van der Waals surface area contributed by atoms with Gasteiger partial charge in [-0.1, -0.05) is 48.5 Å². The summed E-state index contributed by atoms with van der Waals surface area (Å²) in [6.45, 7) is 0.780. The van der Waals surface area contributed by atoms with E-state index in [1.165, 1.54) is 5.56 Å². The molecule has 1 aliphatic heterocycles. The van der Waals surface area contributed by atoms with Crippen LogP contribution in [0.15, 0.2) is 66.5 Å². The lowest BCUT2D eigenvalue weighted by Crippen LogP contribution is -2.21. The van der Waals surface area contributed by atoms with Gasteiger partial charge in [0.1, 0.15) is 5.70 Å². The molecule has 0 unspecified atom stereocenters. The van der Waals surface area contributed by atoms with Crippen molar-refractivity contribution in [3.8, 4) is 0 Å². The standard InChI is InChI=1S/C19H15N3OS/c23-18-16(20-19(24)21-18)10-14-12-22(11-13-6-2-1-3-7-13)17-9-5-4-8-15(14)17/h1-10,12H,11H2,(H2,20,21,23,24)/b16-10+. The summed E-state index contributed by atoms with van der Waals surface area (Å²) in [6.07, 6.45) is 3.92. The maximum absolute atomic E-state index is 11.9. The Hall–Kier alpha value is -2.92. The fourth-order valence-electron chi connectivity index (χ4n) is 2.94. The second-order valence-corrected chi connectivity index (χ2v) is 6.09. The molecular weight excluding hydrogens is 318 g/mol. The van der Waals surface area contributed by atoms with Crippen LogP contribution in [-0.2, 0) is 11.3 Å². The van der Waals surface area contributed by atoms with Gasteiger partial charge in [0, 0.05) is 29.2 Å². The topological polar surface area (TPSA) is 46.1 Å². The van der Waals surface area contributed by atoms with Gasteiger partial charge in [-0.3, -0.25) is 10.1 Å². The van der Waals surface area contributed by atoms with Gasteiger partial charge in [-0.25, -0.2) is 0 Å². The molecular formula is C19H15N3OS. The first-order valence-electron chi connectivity index (χ1n) is 7.66. The Bertz CT molecular complexity index is 973. The van der Waals surface area contributed by atoms with E-state index in [1.807, 2.05) is 36.4 Å². The number of nitrogens with one attached hydrogen (secondary N) is 2. The van der Waals surface area contributed by atoms with E-state index in [4.69, 9.17) is 12.2 Å². The summed E-state index contributed by atoms with van der Waals surface area (Å²) >= 11 is 4.99. The van der Waals surface area contributed by atoms with Crippen LogP contribution >= 0.6 is 12.2 Å². The molecule has 3 aromatic rings. The third kappa shape index (κ3) is 2.70. The molecule has 4 nitrogen and oxygen atoms in total. The summed E-state index contributed by atoms with van der Waals surface area (Å²) in [5, 5.41) is 6.94. The van der Waals surface area contributed by atoms with Crippen LogP contribution in [0.2, 0.25) is 0 Å². The Morgan fingerprint density at radius 3 is 2.50 bits per heavy atom. The first-order chi connectivity index (χ1) is 11.7. The van der Waals surface area contributed by atoms with Crippen molar-refractivity contribution in [2.75, 3.05) is 0 Å². The molecule has 118 valence electrons. The fourth-order valence-corrected chi connectivity index (χ4v) is 3.14. The largest absolute Gasteiger partial charge is 0.342 e. The Morgan fingerprint density at radius 1 is 1.00 bits per heavy atom. The summed E-state index contributed by atoms with van der Waals surface area (Å²) in [5.41, 5.74) is 3.83. The highest BCUT2D eigenvalue weighted by Crippen LogP contribution is 2.24. The molecule has 0 bridgehead atoms. The van der Waals surface area contributed by atoms with Crippen LogP contribution in [0.1, 0.15) is 11.1 Å². The van der Waals surface area contributed by atoms with Crippen molar-refractivity contribution < 1.29 is 4.79 Å². The molecule has 0 saturated carbocycles. The van der Waals surface area contributed by atoms with E-state index in [2.05, 4.69) is 45.7 Å². The Kier molecular flexibility index (Phi) is 3.63. The van der Waals surface area contributed by atoms with Crippen molar-refractivity contribution in [3.63, 3.8) is 0 Å². The molecule has 1 fully saturated rings. The number of benzene rings is 2. The smallest absolute Gasteiger partial charge is 0.273 e. The van der Waals surface area contributed by atoms with Crippen LogP contribution in [0.3, 0.4) is 0 Å². The molecule has 1 aliphatic rings. The van der Waals surface area contributed by atoms with Crippen molar-refractivity contribution in [2.24, 2.45) is 0 Å². The highest BCUT2D eigenvalue weighted by molar-refractivity contribution is 7.80. The summed E-state index contributed by atoms with van der Waals surface area (Å²) in [5.74, 6) is -0.195. The van der Waals surface area contributed by atoms with Gasteiger partial charge in [-0.05, 0) is 29.9 Å². The SMILES string of the molecule is O=C1NC(=S)N/C1=C/c1cn(Cc2ccccc2)c2ccccc12. The van der Waals surface area contributed by atoms with Crippen molar-refractivity contribution in [1.82, 2.24) is 15.2 Å². The van der Waals surface area contributed by atoms with Crippen LogP contribution < -0.4 is 10.6 Å². The lowest BCUT2D eigenvalue weighted by Gasteiger charge is -2.05. The van der Waals surface area contributed by atoms with Crippen LogP contribution in [0.4, 0.5) is 0 Å². The number of nitrogens with zero attached hydrogens (tertiary/aromatic N) is 1. The average Bonchev–Trinajstić information content (AvgIpc) is 3.09. The Labute approximate surface area is 144 Å². The first kappa shape index (κ1) is 14.7. The molecule has 4 rings (SSSR count). The van der Waals surface area contributed by atoms with Gasteiger partial charge in [0.05, 0.1) is 0 Å². The number of para-hydroxylation sites is 1. The Balaban J connectivity index is 1.78. The van der Waals surface area contributed by atoms with Gasteiger partial charge in [0.2, 0.25) is 0 Å². The maximum atomic E-state index is 11.9. The van der Waals surface area contributed by atoms with E-state index in [-0.39, 0.29) is 5.91 Å². The predicted molar refractivity (Wildman–Crippen MR) is 99.3 cm³/mol. The average molecular weight is 333 g/mol. The number of aromatic nitrogens is 1. The van der Waals surface area contributed by atoms with Crippen molar-refractivity contribution in [2.45, 2.75) is 6.54 Å². The molecule has 1 aromatic heterocycles. The molecule has 2 heterocycles. The van der Waals surface area contributed by atoms with E-state index in [9.17, 15) is 4.79 Å². The molecule has 1 amide bonds. The number of carbonyl (C=O) groups is 1. The maximum Gasteiger partial charge on any atom is 0.273 e. The first-order valence-corrected chi connectivity index (χ1v) is 8.07. The quantitative estimate of drug-likeness (QED) is 0.572. The highest BCUT2D eigenvalue weighted by Gasteiger charge is 2.20. The molecule has 2 aromatic carbocycles. The van der Waals surface area contributed by atoms with Crippen LogP contribution in [0.25, 0.3) is 17.0 Å². The summed E-state index contributed by atoms with van der Waals surface area (Å²) in [4.78, 5) is 11.9. The predicted octanol–water partition coefficient (Wildman–Crippen LogP) is 3.03. The lowest BCUT2D eigenvalue weighted by atomic mass is 10.1. The monoisotopic (exact) mass is 333 g/mol. The Morgan fingerprint density at radius 2 is 1.75 bits per heavy atom. The normalized spacial score (nSPS) is 15.8. The summed E-state index contributed by atoms with van der Waals surface area (Å²) in [7, 11) is 0. The zero-order valence-electron chi connectivity index (χ0n) is 12.8. The van der Waals surface area contributed by atoms with Gasteiger partial charge >= 0.3 is 0 Å². The number of fused-ring (bicyclic) bond motifs is 1. The van der Waals surface area contributed by atoms with Crippen molar-refractivity contribution in [3.05, 3.63) is 77.6 Å². The number of carbonyl (C=O) groups excluding carboxylic acids is 1. The highest BCUT2D eigenvalue weighted by atomic mass is 32.1. The van der Waals surface area contributed by atoms with Gasteiger partial charge < -0.3 is 9.88 Å². The third-order valence-electron chi connectivity index (χ3n) is 4.03. The zero-order chi connectivity index (χ0) is 16.5. The summed E-state index contributed by atoms with van der Waals surface area (Å²) in [6, 6.07) is 18.5. The fraction of sp³-hybridized carbons (Fsp3) is 0.0526. The van der Waals surface area contributed by atoms with Crippen molar-refractivity contribution in [1.29, 1.82) is 0 Å². The minimum Gasteiger partial charge on any atom is -0.342 e. The van der Waals surface area contributed by atoms with Crippen LogP contribution in [0, 0.1) is 0 Å². The number of thiocarbonyl (C=S) groups is 1. The van der Waals surface area contributed by atoms with E-state index in [0.717, 1.165) is 23.0 Å². The van der Waals surface area contributed by atoms with Crippen molar-refractivity contribution >= 4 is 40.2 Å². The molecule has 2 N–H and O–H groups in total. The second-order valence-electron chi connectivity index (χ2n) is 5.68. The molecule has 24 heavy (non-hydrogen) atoms. The van der Waals surface area contributed by atoms with Crippen LogP contribution in [-0.4, -0.2) is 15.6 Å². The number of hydrogen-bond acceptors (Lipinski definition) is 2. The lowest BCUT2D eigenvalue weighted by molar-refractivity contribution is -0.115.